The van der Waals surface area contributed by atoms with Crippen molar-refractivity contribution in [2.24, 2.45) is 0 Å². The minimum Gasteiger partial charge on any atom is -0.497 e. The first-order chi connectivity index (χ1) is 12.0. The SMILES string of the molecule is COc1ccc(OC)c(S(=O)(=O)N2CCN(c3nnc(C)s3)CC2)c1. The third-order valence-electron chi connectivity index (χ3n) is 4.01. The average Bonchev–Trinajstić information content (AvgIpc) is 3.07. The maximum atomic E-state index is 13.0. The number of hydrogen-bond acceptors (Lipinski definition) is 8. The molecule has 0 N–H and O–H groups in total. The van der Waals surface area contributed by atoms with E-state index in [4.69, 9.17) is 9.47 Å². The molecule has 0 radical (unpaired) electrons. The Bertz CT molecular complexity index is 845. The van der Waals surface area contributed by atoms with Crippen LogP contribution in [0.15, 0.2) is 23.1 Å². The van der Waals surface area contributed by atoms with Crippen LogP contribution < -0.4 is 14.4 Å². The molecule has 0 bridgehead atoms. The second-order valence-corrected chi connectivity index (χ2v) is 8.58. The zero-order chi connectivity index (χ0) is 18.0. The summed E-state index contributed by atoms with van der Waals surface area (Å²) in [5.74, 6) is 0.783. The number of sulfonamides is 1. The van der Waals surface area contributed by atoms with Gasteiger partial charge in [-0.3, -0.25) is 0 Å². The zero-order valence-corrected chi connectivity index (χ0v) is 15.9. The molecule has 2 heterocycles. The second kappa shape index (κ2) is 7.14. The molecule has 0 saturated carbocycles. The molecule has 1 fully saturated rings. The highest BCUT2D eigenvalue weighted by Gasteiger charge is 2.32. The largest absolute Gasteiger partial charge is 0.497 e. The molecular formula is C15H20N4O4S2. The summed E-state index contributed by atoms with van der Waals surface area (Å²) in [5, 5.41) is 9.86. The molecule has 0 unspecified atom stereocenters. The molecule has 0 atom stereocenters. The van der Waals surface area contributed by atoms with Gasteiger partial charge in [-0.1, -0.05) is 11.3 Å². The molecule has 3 rings (SSSR count). The van der Waals surface area contributed by atoms with Crippen molar-refractivity contribution >= 4 is 26.5 Å². The number of benzene rings is 1. The van der Waals surface area contributed by atoms with Crippen LogP contribution in [0.4, 0.5) is 5.13 Å². The Kier molecular flexibility index (Phi) is 5.11. The predicted molar refractivity (Wildman–Crippen MR) is 95.2 cm³/mol. The number of aryl methyl sites for hydroxylation is 1. The van der Waals surface area contributed by atoms with Crippen LogP contribution in [0.25, 0.3) is 0 Å². The second-order valence-electron chi connectivity index (χ2n) is 5.51. The van der Waals surface area contributed by atoms with Crippen LogP contribution in [0.1, 0.15) is 5.01 Å². The van der Waals surface area contributed by atoms with Gasteiger partial charge in [0.2, 0.25) is 15.2 Å². The van der Waals surface area contributed by atoms with Crippen LogP contribution in [-0.4, -0.2) is 63.3 Å². The average molecular weight is 384 g/mol. The predicted octanol–water partition coefficient (Wildman–Crippen LogP) is 1.37. The summed E-state index contributed by atoms with van der Waals surface area (Å²) in [4.78, 5) is 2.18. The quantitative estimate of drug-likeness (QED) is 0.770. The van der Waals surface area contributed by atoms with Crippen LogP contribution in [0.2, 0.25) is 0 Å². The van der Waals surface area contributed by atoms with E-state index in [9.17, 15) is 8.42 Å². The van der Waals surface area contributed by atoms with Crippen molar-refractivity contribution < 1.29 is 17.9 Å². The fraction of sp³-hybridized carbons (Fsp3) is 0.467. The van der Waals surface area contributed by atoms with Gasteiger partial charge in [0.05, 0.1) is 14.2 Å². The number of ether oxygens (including phenoxy) is 2. The van der Waals surface area contributed by atoms with Crippen LogP contribution in [0.3, 0.4) is 0 Å². The number of rotatable bonds is 5. The van der Waals surface area contributed by atoms with Gasteiger partial charge >= 0.3 is 0 Å². The Morgan fingerprint density at radius 3 is 2.36 bits per heavy atom. The van der Waals surface area contributed by atoms with Gasteiger partial charge in [0.15, 0.2) is 0 Å². The molecule has 0 spiro atoms. The summed E-state index contributed by atoms with van der Waals surface area (Å²) < 4.78 is 37.9. The Morgan fingerprint density at radius 2 is 1.80 bits per heavy atom. The number of anilines is 1. The molecule has 25 heavy (non-hydrogen) atoms. The molecule has 1 aromatic heterocycles. The van der Waals surface area contributed by atoms with Crippen molar-refractivity contribution in [3.63, 3.8) is 0 Å². The Balaban J connectivity index is 1.80. The summed E-state index contributed by atoms with van der Waals surface area (Å²) in [6.07, 6.45) is 0. The topological polar surface area (TPSA) is 84.9 Å². The Morgan fingerprint density at radius 1 is 1.08 bits per heavy atom. The van der Waals surface area contributed by atoms with Crippen LogP contribution >= 0.6 is 11.3 Å². The van der Waals surface area contributed by atoms with E-state index in [1.165, 1.54) is 35.9 Å². The number of methoxy groups -OCH3 is 2. The van der Waals surface area contributed by atoms with Crippen LogP contribution in [0, 0.1) is 6.92 Å². The van der Waals surface area contributed by atoms with Crippen molar-refractivity contribution in [2.75, 3.05) is 45.3 Å². The van der Waals surface area contributed by atoms with Gasteiger partial charge in [-0.05, 0) is 19.1 Å². The van der Waals surface area contributed by atoms with E-state index in [2.05, 4.69) is 15.1 Å². The van der Waals surface area contributed by atoms with Crippen molar-refractivity contribution in [3.8, 4) is 11.5 Å². The van der Waals surface area contributed by atoms with Crippen molar-refractivity contribution in [1.82, 2.24) is 14.5 Å². The molecule has 0 amide bonds. The van der Waals surface area contributed by atoms with E-state index in [0.717, 1.165) is 10.1 Å². The molecule has 1 aliphatic heterocycles. The lowest BCUT2D eigenvalue weighted by atomic mass is 10.3. The highest BCUT2D eigenvalue weighted by atomic mass is 32.2. The number of hydrogen-bond donors (Lipinski definition) is 0. The summed E-state index contributed by atoms with van der Waals surface area (Å²) in [6, 6.07) is 4.77. The van der Waals surface area contributed by atoms with Crippen LogP contribution in [-0.2, 0) is 10.0 Å². The molecular weight excluding hydrogens is 364 g/mol. The van der Waals surface area contributed by atoms with Gasteiger partial charge in [-0.25, -0.2) is 8.42 Å². The van der Waals surface area contributed by atoms with E-state index >= 15 is 0 Å². The van der Waals surface area contributed by atoms with Gasteiger partial charge < -0.3 is 14.4 Å². The molecule has 1 aliphatic rings. The summed E-state index contributed by atoms with van der Waals surface area (Å²) in [6.45, 7) is 3.79. The molecule has 136 valence electrons. The third-order valence-corrected chi connectivity index (χ3v) is 6.83. The highest BCUT2D eigenvalue weighted by Crippen LogP contribution is 2.31. The highest BCUT2D eigenvalue weighted by molar-refractivity contribution is 7.89. The van der Waals surface area contributed by atoms with Gasteiger partial charge in [0.1, 0.15) is 21.4 Å². The number of piperazine rings is 1. The lowest BCUT2D eigenvalue weighted by molar-refractivity contribution is 0.370. The fourth-order valence-corrected chi connectivity index (χ4v) is 4.99. The standard InChI is InChI=1S/C15H20N4O4S2/c1-11-16-17-15(24-11)18-6-8-19(9-7-18)25(20,21)14-10-12(22-2)4-5-13(14)23-3/h4-5,10H,6-9H2,1-3H3. The van der Waals surface area contributed by atoms with E-state index in [1.54, 1.807) is 12.1 Å². The van der Waals surface area contributed by atoms with E-state index in [-0.39, 0.29) is 4.90 Å². The lowest BCUT2D eigenvalue weighted by Gasteiger charge is -2.33. The lowest BCUT2D eigenvalue weighted by Crippen LogP contribution is -2.48. The number of aromatic nitrogens is 2. The molecule has 8 nitrogen and oxygen atoms in total. The van der Waals surface area contributed by atoms with Crippen LogP contribution in [0.5, 0.6) is 11.5 Å². The molecule has 0 aliphatic carbocycles. The molecule has 1 saturated heterocycles. The first-order valence-electron chi connectivity index (χ1n) is 7.73. The first-order valence-corrected chi connectivity index (χ1v) is 9.98. The third kappa shape index (κ3) is 3.55. The zero-order valence-electron chi connectivity index (χ0n) is 14.3. The fourth-order valence-electron chi connectivity index (χ4n) is 2.66. The minimum absolute atomic E-state index is 0.120. The Hall–Kier alpha value is -1.91. The van der Waals surface area contributed by atoms with Gasteiger partial charge in [-0.2, -0.15) is 4.31 Å². The van der Waals surface area contributed by atoms with Gasteiger partial charge in [0, 0.05) is 32.2 Å². The van der Waals surface area contributed by atoms with Crippen molar-refractivity contribution in [3.05, 3.63) is 23.2 Å². The van der Waals surface area contributed by atoms with Gasteiger partial charge in [0.25, 0.3) is 0 Å². The summed E-state index contributed by atoms with van der Waals surface area (Å²) in [5.41, 5.74) is 0. The number of nitrogens with zero attached hydrogens (tertiary/aromatic N) is 4. The van der Waals surface area contributed by atoms with E-state index in [1.807, 2.05) is 6.92 Å². The summed E-state index contributed by atoms with van der Waals surface area (Å²) in [7, 11) is -0.713. The van der Waals surface area contributed by atoms with Gasteiger partial charge in [-0.15, -0.1) is 10.2 Å². The minimum atomic E-state index is -3.67. The monoisotopic (exact) mass is 384 g/mol. The maximum Gasteiger partial charge on any atom is 0.247 e. The normalized spacial score (nSPS) is 16.0. The van der Waals surface area contributed by atoms with E-state index < -0.39 is 10.0 Å². The molecule has 1 aromatic carbocycles. The smallest absolute Gasteiger partial charge is 0.247 e. The Labute approximate surface area is 151 Å². The maximum absolute atomic E-state index is 13.0. The molecule has 10 heteroatoms. The summed E-state index contributed by atoms with van der Waals surface area (Å²) >= 11 is 1.51. The van der Waals surface area contributed by atoms with Crippen molar-refractivity contribution in [2.45, 2.75) is 11.8 Å². The molecule has 2 aromatic rings. The van der Waals surface area contributed by atoms with Crippen molar-refractivity contribution in [1.29, 1.82) is 0 Å². The van der Waals surface area contributed by atoms with E-state index in [0.29, 0.717) is 37.7 Å². The first kappa shape index (κ1) is 17.9.